The lowest BCUT2D eigenvalue weighted by molar-refractivity contribution is 0.606. The van der Waals surface area contributed by atoms with Crippen molar-refractivity contribution in [1.82, 2.24) is 15.1 Å². The molecule has 0 bridgehead atoms. The van der Waals surface area contributed by atoms with E-state index in [2.05, 4.69) is 53.2 Å². The number of hydrogen-bond acceptors (Lipinski definition) is 3. The van der Waals surface area contributed by atoms with Gasteiger partial charge in [-0.15, -0.1) is 11.3 Å². The Labute approximate surface area is 129 Å². The predicted molar refractivity (Wildman–Crippen MR) is 88.0 cm³/mol. The van der Waals surface area contributed by atoms with Crippen LogP contribution >= 0.6 is 11.3 Å². The van der Waals surface area contributed by atoms with Crippen LogP contribution < -0.4 is 5.32 Å². The average Bonchev–Trinajstić information content (AvgIpc) is 3.21. The van der Waals surface area contributed by atoms with Gasteiger partial charge in [-0.3, -0.25) is 0 Å². The first kappa shape index (κ1) is 14.0. The number of thiophene rings is 1. The van der Waals surface area contributed by atoms with Crippen molar-refractivity contribution in [3.05, 3.63) is 70.7 Å². The number of para-hydroxylation sites is 1. The Balaban J connectivity index is 1.88. The molecule has 0 saturated carbocycles. The van der Waals surface area contributed by atoms with Crippen LogP contribution in [0.25, 0.3) is 5.69 Å². The second-order valence-corrected chi connectivity index (χ2v) is 5.94. The summed E-state index contributed by atoms with van der Waals surface area (Å²) in [6, 6.07) is 14.7. The summed E-state index contributed by atoms with van der Waals surface area (Å²) in [7, 11) is 0. The van der Waals surface area contributed by atoms with E-state index in [0.717, 1.165) is 18.7 Å². The van der Waals surface area contributed by atoms with Crippen LogP contribution in [0.15, 0.2) is 60.2 Å². The van der Waals surface area contributed by atoms with Crippen LogP contribution in [0.5, 0.6) is 0 Å². The Morgan fingerprint density at radius 3 is 2.76 bits per heavy atom. The number of benzene rings is 1. The molecular weight excluding hydrogens is 278 g/mol. The molecule has 0 fully saturated rings. The first-order valence-electron chi connectivity index (χ1n) is 7.25. The van der Waals surface area contributed by atoms with Gasteiger partial charge in [0.1, 0.15) is 0 Å². The van der Waals surface area contributed by atoms with E-state index in [1.54, 1.807) is 11.3 Å². The lowest BCUT2D eigenvalue weighted by Crippen LogP contribution is -2.22. The Bertz CT molecular complexity index is 658. The lowest BCUT2D eigenvalue weighted by Gasteiger charge is -2.15. The number of nitrogens with one attached hydrogen (secondary N) is 1. The number of nitrogens with zero attached hydrogens (tertiary/aromatic N) is 2. The molecule has 3 aromatic rings. The van der Waals surface area contributed by atoms with E-state index in [0.29, 0.717) is 0 Å². The van der Waals surface area contributed by atoms with Crippen molar-refractivity contribution in [3.8, 4) is 5.69 Å². The van der Waals surface area contributed by atoms with E-state index in [1.807, 2.05) is 29.1 Å². The topological polar surface area (TPSA) is 29.9 Å². The largest absolute Gasteiger partial charge is 0.306 e. The van der Waals surface area contributed by atoms with Crippen LogP contribution in [0.4, 0.5) is 0 Å². The zero-order chi connectivity index (χ0) is 14.5. The third-order valence-corrected chi connectivity index (χ3v) is 4.32. The van der Waals surface area contributed by atoms with E-state index in [4.69, 9.17) is 0 Å². The Kier molecular flexibility index (Phi) is 4.48. The molecule has 1 N–H and O–H groups in total. The Hall–Kier alpha value is -1.91. The fraction of sp³-hybridized carbons (Fsp3) is 0.235. The quantitative estimate of drug-likeness (QED) is 0.744. The molecule has 1 unspecified atom stereocenters. The maximum Gasteiger partial charge on any atom is 0.0702 e. The molecule has 0 aliphatic heterocycles. The molecule has 0 saturated heterocycles. The van der Waals surface area contributed by atoms with E-state index in [1.165, 1.54) is 10.4 Å². The highest BCUT2D eigenvalue weighted by atomic mass is 32.1. The highest BCUT2D eigenvalue weighted by molar-refractivity contribution is 7.10. The highest BCUT2D eigenvalue weighted by Crippen LogP contribution is 2.26. The van der Waals surface area contributed by atoms with Crippen LogP contribution in [0.2, 0.25) is 0 Å². The predicted octanol–water partition coefficient (Wildman–Crippen LogP) is 4.02. The summed E-state index contributed by atoms with van der Waals surface area (Å²) >= 11 is 1.78. The molecule has 2 aromatic heterocycles. The molecule has 0 aliphatic rings. The minimum absolute atomic E-state index is 0.224. The zero-order valence-electron chi connectivity index (χ0n) is 12.1. The molecule has 0 radical (unpaired) electrons. The van der Waals surface area contributed by atoms with E-state index < -0.39 is 0 Å². The summed E-state index contributed by atoms with van der Waals surface area (Å²) in [5.74, 6) is 0. The molecule has 0 amide bonds. The van der Waals surface area contributed by atoms with Crippen LogP contribution in [0, 0.1) is 0 Å². The summed E-state index contributed by atoms with van der Waals surface area (Å²) in [5.41, 5.74) is 2.29. The van der Waals surface area contributed by atoms with Crippen molar-refractivity contribution in [2.24, 2.45) is 0 Å². The molecule has 0 spiro atoms. The minimum Gasteiger partial charge on any atom is -0.306 e. The first-order chi connectivity index (χ1) is 10.4. The molecule has 108 valence electrons. The monoisotopic (exact) mass is 297 g/mol. The summed E-state index contributed by atoms with van der Waals surface area (Å²) in [6.45, 7) is 3.19. The van der Waals surface area contributed by atoms with Gasteiger partial charge in [0.15, 0.2) is 0 Å². The van der Waals surface area contributed by atoms with Gasteiger partial charge in [-0.1, -0.05) is 31.2 Å². The van der Waals surface area contributed by atoms with E-state index in [9.17, 15) is 0 Å². The average molecular weight is 297 g/mol. The van der Waals surface area contributed by atoms with Crippen molar-refractivity contribution >= 4 is 11.3 Å². The minimum atomic E-state index is 0.224. The van der Waals surface area contributed by atoms with Crippen molar-refractivity contribution < 1.29 is 0 Å². The molecule has 3 rings (SSSR count). The van der Waals surface area contributed by atoms with E-state index in [-0.39, 0.29) is 6.04 Å². The van der Waals surface area contributed by atoms with Gasteiger partial charge >= 0.3 is 0 Å². The lowest BCUT2D eigenvalue weighted by atomic mass is 10.1. The van der Waals surface area contributed by atoms with Crippen molar-refractivity contribution in [2.75, 3.05) is 6.54 Å². The van der Waals surface area contributed by atoms with Crippen LogP contribution in [-0.2, 0) is 0 Å². The van der Waals surface area contributed by atoms with Crippen molar-refractivity contribution in [2.45, 2.75) is 19.4 Å². The molecule has 1 atom stereocenters. The first-order valence-corrected chi connectivity index (χ1v) is 8.13. The molecule has 0 aliphatic carbocycles. The number of aromatic nitrogens is 2. The van der Waals surface area contributed by atoms with Crippen molar-refractivity contribution in [3.63, 3.8) is 0 Å². The SMILES string of the molecule is CCCNC(c1cnn(-c2ccccc2)c1)c1cccs1. The molecule has 2 heterocycles. The fourth-order valence-corrected chi connectivity index (χ4v) is 3.16. The van der Waals surface area contributed by atoms with Crippen molar-refractivity contribution in [1.29, 1.82) is 0 Å². The molecule has 4 heteroatoms. The van der Waals surface area contributed by atoms with Gasteiger partial charge in [0.2, 0.25) is 0 Å². The third-order valence-electron chi connectivity index (χ3n) is 3.38. The zero-order valence-corrected chi connectivity index (χ0v) is 12.9. The maximum absolute atomic E-state index is 4.51. The Morgan fingerprint density at radius 1 is 1.19 bits per heavy atom. The van der Waals surface area contributed by atoms with Crippen LogP contribution in [0.1, 0.15) is 29.8 Å². The third kappa shape index (κ3) is 3.23. The standard InChI is InChI=1S/C17H19N3S/c1-2-10-18-17(16-9-6-11-21-16)14-12-19-20(13-14)15-7-4-3-5-8-15/h3-9,11-13,17-18H,2,10H2,1H3. The second kappa shape index (κ2) is 6.70. The van der Waals surface area contributed by atoms with Gasteiger partial charge in [-0.05, 0) is 36.5 Å². The van der Waals surface area contributed by atoms with Crippen LogP contribution in [0.3, 0.4) is 0 Å². The molecule has 3 nitrogen and oxygen atoms in total. The van der Waals surface area contributed by atoms with Crippen LogP contribution in [-0.4, -0.2) is 16.3 Å². The van der Waals surface area contributed by atoms with E-state index >= 15 is 0 Å². The maximum atomic E-state index is 4.51. The number of hydrogen-bond donors (Lipinski definition) is 1. The molecule has 21 heavy (non-hydrogen) atoms. The highest BCUT2D eigenvalue weighted by Gasteiger charge is 2.16. The fourth-order valence-electron chi connectivity index (χ4n) is 2.33. The molecule has 1 aromatic carbocycles. The summed E-state index contributed by atoms with van der Waals surface area (Å²) in [5, 5.41) is 10.2. The molecular formula is C17H19N3S. The second-order valence-electron chi connectivity index (χ2n) is 4.96. The normalized spacial score (nSPS) is 12.4. The van der Waals surface area contributed by atoms with Gasteiger partial charge in [-0.25, -0.2) is 4.68 Å². The summed E-state index contributed by atoms with van der Waals surface area (Å²) in [6.07, 6.45) is 5.19. The summed E-state index contributed by atoms with van der Waals surface area (Å²) in [4.78, 5) is 1.33. The van der Waals surface area contributed by atoms with Gasteiger partial charge < -0.3 is 5.32 Å². The summed E-state index contributed by atoms with van der Waals surface area (Å²) < 4.78 is 1.93. The van der Waals surface area contributed by atoms with Gasteiger partial charge in [0.05, 0.1) is 17.9 Å². The smallest absolute Gasteiger partial charge is 0.0702 e. The number of rotatable bonds is 6. The van der Waals surface area contributed by atoms with Gasteiger partial charge in [0.25, 0.3) is 0 Å². The van der Waals surface area contributed by atoms with Gasteiger partial charge in [-0.2, -0.15) is 5.10 Å². The Morgan fingerprint density at radius 2 is 2.05 bits per heavy atom. The van der Waals surface area contributed by atoms with Gasteiger partial charge in [0, 0.05) is 16.6 Å².